The molecule has 1 aliphatic rings. The van der Waals surface area contributed by atoms with Crippen LogP contribution in [-0.4, -0.2) is 192 Å². The molecule has 146 heavy (non-hydrogen) atoms. The van der Waals surface area contributed by atoms with Gasteiger partial charge in [0.2, 0.25) is 0 Å². The first-order chi connectivity index (χ1) is 69.7. The Morgan fingerprint density at radius 3 is 1.16 bits per heavy atom. The topological polar surface area (TPSA) is 207 Å². The van der Waals surface area contributed by atoms with E-state index in [-0.39, 0.29) is 35.8 Å². The van der Waals surface area contributed by atoms with E-state index in [9.17, 15) is 33.6 Å². The molecule has 0 saturated carbocycles. The minimum Gasteiger partial charge on any atom is -0.429 e. The van der Waals surface area contributed by atoms with Crippen molar-refractivity contribution >= 4 is 42.3 Å². The molecule has 0 saturated heterocycles. The molecular weight excluding hydrogens is 1820 g/mol. The number of carbonyl (C=O) groups is 7. The molecule has 784 valence electrons. The van der Waals surface area contributed by atoms with Crippen molar-refractivity contribution in [3.05, 3.63) is 429 Å². The normalized spacial score (nSPS) is 11.4. The van der Waals surface area contributed by atoms with E-state index in [0.29, 0.717) is 74.6 Å². The van der Waals surface area contributed by atoms with Gasteiger partial charge in [0.05, 0.1) is 27.8 Å². The van der Waals surface area contributed by atoms with Crippen LogP contribution in [0, 0.1) is 20.8 Å². The molecule has 0 radical (unpaired) electrons. The van der Waals surface area contributed by atoms with Gasteiger partial charge in [-0.25, -0.2) is 28.8 Å². The predicted octanol–water partition coefficient (Wildman–Crippen LogP) is 26.7. The van der Waals surface area contributed by atoms with E-state index in [1.165, 1.54) is 46.4 Å². The van der Waals surface area contributed by atoms with Crippen LogP contribution in [0.5, 0.6) is 23.0 Å². The van der Waals surface area contributed by atoms with Gasteiger partial charge in [-0.15, -0.1) is 0 Å². The molecule has 0 fully saturated rings. The predicted molar refractivity (Wildman–Crippen MR) is 602 cm³/mol. The quantitative estimate of drug-likeness (QED) is 0.00513. The van der Waals surface area contributed by atoms with E-state index in [4.69, 9.17) is 28.4 Å². The van der Waals surface area contributed by atoms with E-state index in [2.05, 4.69) is 83.9 Å². The first-order valence-corrected chi connectivity index (χ1v) is 49.9. The van der Waals surface area contributed by atoms with Gasteiger partial charge in [0.15, 0.2) is 0 Å². The van der Waals surface area contributed by atoms with Gasteiger partial charge in [0.25, 0.3) is 6.47 Å². The number of rotatable bonds is 39. The largest absolute Gasteiger partial charge is 0.429 e. The van der Waals surface area contributed by atoms with Crippen molar-refractivity contribution in [1.29, 1.82) is 0 Å². The van der Waals surface area contributed by atoms with Crippen LogP contribution in [0.25, 0.3) is 0 Å². The van der Waals surface area contributed by atoms with Crippen molar-refractivity contribution in [2.75, 3.05) is 116 Å². The summed E-state index contributed by atoms with van der Waals surface area (Å²) in [6.45, 7) is 52.5. The number of likely N-dealkylation sites (N-methyl/N-ethyl adjacent to an activating group) is 1. The van der Waals surface area contributed by atoms with Crippen LogP contribution in [0.1, 0.15) is 203 Å². The van der Waals surface area contributed by atoms with Crippen molar-refractivity contribution < 1.29 is 66.7 Å². The molecule has 0 atom stereocenters. The van der Waals surface area contributed by atoms with Crippen LogP contribution in [-0.2, 0) is 54.6 Å². The van der Waals surface area contributed by atoms with Crippen molar-refractivity contribution in [3.63, 3.8) is 0 Å². The molecule has 0 bridgehead atoms. The smallest absolute Gasteiger partial charge is 0.343 e. The third-order valence-corrected chi connectivity index (χ3v) is 21.1. The highest BCUT2D eigenvalue weighted by Crippen LogP contribution is 2.24. The maximum atomic E-state index is 12.2. The van der Waals surface area contributed by atoms with Gasteiger partial charge < -0.3 is 57.7 Å². The Kier molecular flexibility index (Phi) is 66.4. The van der Waals surface area contributed by atoms with Gasteiger partial charge in [-0.3, -0.25) is 14.6 Å². The highest BCUT2D eigenvalue weighted by molar-refractivity contribution is 5.94. The Labute approximate surface area is 874 Å². The second kappa shape index (κ2) is 75.7. The molecule has 10 rings (SSSR count). The highest BCUT2D eigenvalue weighted by Gasteiger charge is 2.19. The molecule has 0 aromatic heterocycles. The van der Waals surface area contributed by atoms with E-state index < -0.39 is 0 Å². The molecular formula is C125H165N7O14. The summed E-state index contributed by atoms with van der Waals surface area (Å²) in [4.78, 5) is 97.3. The number of unbranched alkanes of at least 4 members (excludes halogenated alkanes) is 1. The fourth-order valence-corrected chi connectivity index (χ4v) is 12.8. The van der Waals surface area contributed by atoms with Gasteiger partial charge in [-0.2, -0.15) is 0 Å². The van der Waals surface area contributed by atoms with Gasteiger partial charge >= 0.3 is 35.8 Å². The first kappa shape index (κ1) is 128. The van der Waals surface area contributed by atoms with Crippen LogP contribution >= 0.6 is 0 Å². The zero-order valence-electron chi connectivity index (χ0n) is 92.0. The summed E-state index contributed by atoms with van der Waals surface area (Å²) in [5, 5.41) is 0. The minimum absolute atomic E-state index is 0.245. The van der Waals surface area contributed by atoms with Crippen molar-refractivity contribution in [2.24, 2.45) is 0 Å². The summed E-state index contributed by atoms with van der Waals surface area (Å²) < 4.78 is 36.5. The van der Waals surface area contributed by atoms with E-state index in [1.807, 2.05) is 385 Å². The molecule has 0 heterocycles. The average molecular weight is 1990 g/mol. The van der Waals surface area contributed by atoms with Gasteiger partial charge in [-0.1, -0.05) is 259 Å². The number of carbonyl (C=O) groups excluding carboxylic acids is 7. The molecule has 0 aliphatic heterocycles. The number of aryl methyl sites for hydroxylation is 4. The van der Waals surface area contributed by atoms with Gasteiger partial charge in [0.1, 0.15) is 40.3 Å². The number of hydrogen-bond donors (Lipinski definition) is 0. The number of hydrogen-bond acceptors (Lipinski definition) is 21. The number of para-hydroxylation sites is 1. The lowest BCUT2D eigenvalue weighted by molar-refractivity contribution is -0.135. The second-order valence-corrected chi connectivity index (χ2v) is 36.0. The standard InChI is InChI=1S/C22H29NO2.2C19H23NO2.C16H17NO2.C16H23NO2.C16H25NO2.C8H10O2.C6H6.C3H9N/c1-4-23(5-2)17-7-6-8-19-11-13-20(14-12-19)22(24)25-21-15-9-18(3)10-16-21;1-4-20(5-2)14-16-8-10-17(11-9-16)19(21)22-18-12-6-15(3)7-13-18;1-4-20(5-2)14-16-9-11-17(12-10-16)19(21)22-18-8-6-7-15(3)13-18;1-17(2)12-13-8-10-14(11-9-13)16(18)19-15-6-4-3-5-7-15;1-12(2)6-7-13(3)19-16(18)14-8-10-15(11-9-14)17(4)5;1-7-14(10-9-11-17(5)6)16(18)19-15(8-2)12-13(3)4;1-7(2)4-5-8(3)10-6-9;1-2-4-6-5-3-1;1-4(2)3/h9-16H,4-8,17H2,1-3H3;2*6-13H,4-5,14H2,1-3H3;3-11H,12H2,1-2H3;6-8,10H,9,11H2,1-5H3;7-10,12H,11H2,1-6H3;4-6H,1,3H2,2H3;1-6H;1-3H3/b;;;;13-7+;10-9-,14-7+,15-8+;5-4-;;. The van der Waals surface area contributed by atoms with Gasteiger partial charge in [0, 0.05) is 51.5 Å². The van der Waals surface area contributed by atoms with Crippen LogP contribution in [0.4, 0.5) is 0 Å². The molecule has 0 amide bonds. The molecule has 1 aliphatic carbocycles. The Hall–Kier alpha value is -14.0. The van der Waals surface area contributed by atoms with Crippen molar-refractivity contribution in [3.8, 4) is 23.0 Å². The summed E-state index contributed by atoms with van der Waals surface area (Å²) in [6.07, 6.45) is 25.0. The Bertz CT molecular complexity index is 5560. The second-order valence-electron chi connectivity index (χ2n) is 36.0. The minimum atomic E-state index is -0.331. The molecule has 0 unspecified atom stereocenters. The number of allylic oxidation sites excluding steroid dienone is 14. The molecule has 21 heteroatoms. The molecule has 0 N–H and O–H groups in total. The highest BCUT2D eigenvalue weighted by atomic mass is 16.6. The molecule has 0 spiro atoms. The first-order valence-electron chi connectivity index (χ1n) is 49.9. The fourth-order valence-electron chi connectivity index (χ4n) is 12.8. The van der Waals surface area contributed by atoms with Crippen LogP contribution in [0.2, 0.25) is 0 Å². The maximum Gasteiger partial charge on any atom is 0.343 e. The number of nitrogens with zero attached hydrogens (tertiary/aromatic N) is 7. The summed E-state index contributed by atoms with van der Waals surface area (Å²) >= 11 is 0. The van der Waals surface area contributed by atoms with Crippen molar-refractivity contribution in [2.45, 2.75) is 169 Å². The Morgan fingerprint density at radius 2 is 0.801 bits per heavy atom. The number of ether oxygens (including phenoxy) is 7. The van der Waals surface area contributed by atoms with Gasteiger partial charge in [-0.05, 0) is 359 Å². The zero-order chi connectivity index (χ0) is 109. The van der Waals surface area contributed by atoms with E-state index in [1.54, 1.807) is 67.6 Å². The lowest BCUT2D eigenvalue weighted by Crippen LogP contribution is -2.23. The third kappa shape index (κ3) is 59.9. The zero-order valence-corrected chi connectivity index (χ0v) is 92.0. The van der Waals surface area contributed by atoms with E-state index >= 15 is 0 Å². The Morgan fingerprint density at radius 1 is 0.390 bits per heavy atom. The molecule has 9 aromatic rings. The SMILES string of the molecule is C/C=C(\C=C(C)C)OC(=O)C(/C=C\CN(C)C)=C/C.C=C(C)/C=C\C(=C)OC=O.CC(C)=C/C=C(\C)OC(=O)C1=CC=C(N(C)C)CC1.CCN(CC)CCCCc1ccc(C(=O)Oc2ccc(C)cc2)cc1.CCN(CC)Cc1ccc(C(=O)Oc2ccc(C)cc2)cc1.CCN(CC)Cc1ccc(C(=O)Oc2cccc(C)c2)cc1.CN(C)C.CN(C)Cc1ccc(C(=O)Oc2ccccc2)cc1.c1ccccc1. The maximum absolute atomic E-state index is 12.2. The summed E-state index contributed by atoms with van der Waals surface area (Å²) in [7, 11) is 18.0. The lowest BCUT2D eigenvalue weighted by atomic mass is 10.0. The lowest BCUT2D eigenvalue weighted by Gasteiger charge is -2.20. The average Bonchev–Trinajstić information content (AvgIpc) is 0.877. The fraction of sp³-hybridized carbons (Fsp3) is 0.336. The summed E-state index contributed by atoms with van der Waals surface area (Å²) in [5.74, 6) is 1.95. The molecule has 9 aromatic carbocycles. The van der Waals surface area contributed by atoms with Crippen molar-refractivity contribution in [1.82, 2.24) is 34.3 Å². The number of benzene rings is 9. The van der Waals surface area contributed by atoms with E-state index in [0.717, 1.165) is 125 Å². The number of esters is 6. The van der Waals surface area contributed by atoms with Crippen LogP contribution in [0.3, 0.4) is 0 Å². The summed E-state index contributed by atoms with van der Waals surface area (Å²) in [6, 6.07) is 74.1. The monoisotopic (exact) mass is 1990 g/mol. The van der Waals surface area contributed by atoms with Crippen LogP contribution < -0.4 is 18.9 Å². The summed E-state index contributed by atoms with van der Waals surface area (Å²) in [5.41, 5.74) is 16.2. The Balaban J connectivity index is 0.000000571. The molecule has 21 nitrogen and oxygen atoms in total. The third-order valence-electron chi connectivity index (χ3n) is 21.1. The van der Waals surface area contributed by atoms with Crippen LogP contribution in [0.15, 0.2) is 367 Å².